The van der Waals surface area contributed by atoms with Crippen LogP contribution in [0.15, 0.2) is 42.7 Å². The highest BCUT2D eigenvalue weighted by molar-refractivity contribution is 14.1. The van der Waals surface area contributed by atoms with Crippen LogP contribution in [0.2, 0.25) is 0 Å². The van der Waals surface area contributed by atoms with E-state index < -0.39 is 12.1 Å². The molecule has 1 aliphatic rings. The first-order valence-electron chi connectivity index (χ1n) is 11.2. The fraction of sp³-hybridized carbons (Fsp3) is 0.333. The summed E-state index contributed by atoms with van der Waals surface area (Å²) in [6.07, 6.45) is 3.07. The molecular formula is C27H30INO6. The van der Waals surface area contributed by atoms with E-state index in [1.54, 1.807) is 30.6 Å². The van der Waals surface area contributed by atoms with Crippen LogP contribution in [0.25, 0.3) is 11.1 Å². The van der Waals surface area contributed by atoms with Crippen LogP contribution in [0.4, 0.5) is 0 Å². The number of hydrogen-bond acceptors (Lipinski definition) is 7. The second kappa shape index (κ2) is 11.7. The van der Waals surface area contributed by atoms with Gasteiger partial charge in [-0.15, -0.1) is 0 Å². The minimum absolute atomic E-state index is 0.0677. The van der Waals surface area contributed by atoms with Gasteiger partial charge in [-0.1, -0.05) is 42.5 Å². The number of esters is 1. The molecule has 2 heterocycles. The zero-order valence-corrected chi connectivity index (χ0v) is 22.6. The molecule has 1 aliphatic heterocycles. The van der Waals surface area contributed by atoms with Gasteiger partial charge in [0.15, 0.2) is 11.5 Å². The molecule has 1 aromatic heterocycles. The van der Waals surface area contributed by atoms with Crippen molar-refractivity contribution < 1.29 is 29.2 Å². The SMILES string of the molecule is CI.COc1c(C(O)CC(C)C)ccc2c1C(=O)OCc1c(c(O)cc(C)c1-c1cccnc1)O2. The number of rotatable bonds is 5. The van der Waals surface area contributed by atoms with E-state index in [0.717, 1.165) is 16.7 Å². The number of alkyl halides is 1. The molecule has 3 aromatic rings. The number of nitrogens with zero attached hydrogens (tertiary/aromatic N) is 1. The minimum Gasteiger partial charge on any atom is -0.504 e. The number of halogens is 1. The highest BCUT2D eigenvalue weighted by atomic mass is 127. The monoisotopic (exact) mass is 591 g/mol. The number of aromatic nitrogens is 1. The Bertz CT molecular complexity index is 1200. The third-order valence-electron chi connectivity index (χ3n) is 5.68. The van der Waals surface area contributed by atoms with E-state index in [1.165, 1.54) is 7.11 Å². The Kier molecular flexibility index (Phi) is 8.96. The van der Waals surface area contributed by atoms with Gasteiger partial charge in [0.2, 0.25) is 0 Å². The van der Waals surface area contributed by atoms with Crippen LogP contribution >= 0.6 is 22.6 Å². The molecule has 0 fully saturated rings. The normalized spacial score (nSPS) is 13.2. The minimum atomic E-state index is -0.816. The zero-order valence-electron chi connectivity index (χ0n) is 20.5. The van der Waals surface area contributed by atoms with Crippen molar-refractivity contribution in [3.63, 3.8) is 0 Å². The molecule has 0 bridgehead atoms. The molecule has 2 N–H and O–H groups in total. The second-order valence-corrected chi connectivity index (χ2v) is 8.52. The Labute approximate surface area is 219 Å². The summed E-state index contributed by atoms with van der Waals surface area (Å²) in [5.41, 5.74) is 3.49. The van der Waals surface area contributed by atoms with Gasteiger partial charge in [-0.3, -0.25) is 4.98 Å². The largest absolute Gasteiger partial charge is 0.504 e. The number of phenolic OH excluding ortho intramolecular Hbond substituents is 1. The molecule has 0 saturated carbocycles. The van der Waals surface area contributed by atoms with Gasteiger partial charge >= 0.3 is 5.97 Å². The number of aryl methyl sites for hydroxylation is 1. The van der Waals surface area contributed by atoms with Crippen molar-refractivity contribution in [3.05, 3.63) is 65.0 Å². The summed E-state index contributed by atoms with van der Waals surface area (Å²) >= 11 is 2.15. The van der Waals surface area contributed by atoms with Crippen molar-refractivity contribution in [2.24, 2.45) is 5.92 Å². The zero-order chi connectivity index (χ0) is 25.7. The lowest BCUT2D eigenvalue weighted by molar-refractivity contribution is 0.0454. The summed E-state index contributed by atoms with van der Waals surface area (Å²) in [6, 6.07) is 8.59. The topological polar surface area (TPSA) is 98.1 Å². The molecule has 35 heavy (non-hydrogen) atoms. The lowest BCUT2D eigenvalue weighted by atomic mass is 9.94. The number of methoxy groups -OCH3 is 1. The van der Waals surface area contributed by atoms with Crippen molar-refractivity contribution in [1.82, 2.24) is 4.98 Å². The molecule has 2 aromatic carbocycles. The fourth-order valence-corrected chi connectivity index (χ4v) is 4.25. The van der Waals surface area contributed by atoms with Gasteiger partial charge < -0.3 is 24.4 Å². The summed E-state index contributed by atoms with van der Waals surface area (Å²) in [7, 11) is 1.43. The number of aliphatic hydroxyl groups is 1. The maximum Gasteiger partial charge on any atom is 0.346 e. The van der Waals surface area contributed by atoms with Gasteiger partial charge in [0, 0.05) is 29.1 Å². The standard InChI is InChI=1S/C26H27NO6.CH3I/c1-14(2)10-19(28)17-7-8-21-23(25(17)31-4)26(30)32-13-18-22(16-6-5-9-27-12-16)15(3)11-20(29)24(18)33-21;1-2/h5-9,11-12,14,19,28-29H,10,13H2,1-4H3;1H3. The van der Waals surface area contributed by atoms with Crippen LogP contribution in [0.1, 0.15) is 53.4 Å². The number of ether oxygens (including phenoxy) is 3. The number of phenols is 1. The average molecular weight is 591 g/mol. The number of aromatic hydroxyl groups is 1. The Hall–Kier alpha value is -2.85. The number of carbonyl (C=O) groups excluding carboxylic acids is 1. The maximum absolute atomic E-state index is 13.1. The number of cyclic esters (lactones) is 1. The summed E-state index contributed by atoms with van der Waals surface area (Å²) in [5, 5.41) is 21.4. The van der Waals surface area contributed by atoms with E-state index in [0.29, 0.717) is 17.5 Å². The molecule has 186 valence electrons. The molecule has 0 aliphatic carbocycles. The molecule has 0 spiro atoms. The lowest BCUT2D eigenvalue weighted by Crippen LogP contribution is -2.15. The number of carbonyl (C=O) groups is 1. The van der Waals surface area contributed by atoms with E-state index in [9.17, 15) is 15.0 Å². The van der Waals surface area contributed by atoms with Crippen molar-refractivity contribution in [2.45, 2.75) is 39.9 Å². The van der Waals surface area contributed by atoms with Crippen molar-refractivity contribution in [2.75, 3.05) is 12.0 Å². The number of benzene rings is 2. The van der Waals surface area contributed by atoms with Crippen LogP contribution in [-0.2, 0) is 11.3 Å². The van der Waals surface area contributed by atoms with Gasteiger partial charge in [0.05, 0.1) is 13.2 Å². The van der Waals surface area contributed by atoms with Crippen LogP contribution in [0.3, 0.4) is 0 Å². The first-order valence-corrected chi connectivity index (χ1v) is 13.3. The van der Waals surface area contributed by atoms with Crippen LogP contribution < -0.4 is 9.47 Å². The third kappa shape index (κ3) is 5.54. The van der Waals surface area contributed by atoms with Gasteiger partial charge in [0.1, 0.15) is 23.7 Å². The smallest absolute Gasteiger partial charge is 0.346 e. The van der Waals surface area contributed by atoms with E-state index in [-0.39, 0.29) is 41.1 Å². The summed E-state index contributed by atoms with van der Waals surface area (Å²) < 4.78 is 17.3. The Morgan fingerprint density at radius 1 is 1.20 bits per heavy atom. The van der Waals surface area contributed by atoms with E-state index in [4.69, 9.17) is 14.2 Å². The number of aliphatic hydroxyl groups excluding tert-OH is 1. The van der Waals surface area contributed by atoms with Crippen LogP contribution in [0.5, 0.6) is 23.0 Å². The third-order valence-corrected chi connectivity index (χ3v) is 5.68. The Morgan fingerprint density at radius 2 is 1.94 bits per heavy atom. The average Bonchev–Trinajstić information content (AvgIpc) is 2.84. The molecule has 1 unspecified atom stereocenters. The quantitative estimate of drug-likeness (QED) is 0.202. The molecule has 0 radical (unpaired) electrons. The Balaban J connectivity index is 0.00000167. The summed E-state index contributed by atoms with van der Waals surface area (Å²) in [5.74, 6) is 0.118. The molecule has 0 amide bonds. The molecular weight excluding hydrogens is 561 g/mol. The molecule has 1 atom stereocenters. The van der Waals surface area contributed by atoms with E-state index in [2.05, 4.69) is 27.6 Å². The summed E-state index contributed by atoms with van der Waals surface area (Å²) in [6.45, 7) is 5.75. The number of fused-ring (bicyclic) bond motifs is 2. The van der Waals surface area contributed by atoms with Gasteiger partial charge in [-0.25, -0.2) is 4.79 Å². The highest BCUT2D eigenvalue weighted by Crippen LogP contribution is 2.47. The van der Waals surface area contributed by atoms with Crippen LogP contribution in [-0.4, -0.2) is 33.2 Å². The molecule has 4 rings (SSSR count). The van der Waals surface area contributed by atoms with Gasteiger partial charge in [-0.05, 0) is 59.6 Å². The first-order chi connectivity index (χ1) is 16.8. The molecule has 7 nitrogen and oxygen atoms in total. The van der Waals surface area contributed by atoms with E-state index >= 15 is 0 Å². The first kappa shape index (κ1) is 26.7. The maximum atomic E-state index is 13.1. The predicted molar refractivity (Wildman–Crippen MR) is 143 cm³/mol. The summed E-state index contributed by atoms with van der Waals surface area (Å²) in [4.78, 5) is 19.3. The number of hydrogen-bond donors (Lipinski definition) is 2. The highest BCUT2D eigenvalue weighted by Gasteiger charge is 2.31. The second-order valence-electron chi connectivity index (χ2n) is 8.52. The van der Waals surface area contributed by atoms with Gasteiger partial charge in [-0.2, -0.15) is 0 Å². The predicted octanol–water partition coefficient (Wildman–Crippen LogP) is 6.36. The van der Waals surface area contributed by atoms with E-state index in [1.807, 2.05) is 37.8 Å². The van der Waals surface area contributed by atoms with Crippen molar-refractivity contribution in [3.8, 4) is 34.1 Å². The lowest BCUT2D eigenvalue weighted by Gasteiger charge is -2.25. The van der Waals surface area contributed by atoms with Crippen LogP contribution in [0, 0.1) is 12.8 Å². The van der Waals surface area contributed by atoms with Crippen molar-refractivity contribution in [1.29, 1.82) is 0 Å². The van der Waals surface area contributed by atoms with Crippen molar-refractivity contribution >= 4 is 28.6 Å². The number of pyridine rings is 1. The molecule has 8 heteroatoms. The molecule has 0 saturated heterocycles. The Morgan fingerprint density at radius 3 is 2.57 bits per heavy atom. The van der Waals surface area contributed by atoms with Gasteiger partial charge in [0.25, 0.3) is 0 Å². The fourth-order valence-electron chi connectivity index (χ4n) is 4.25.